The van der Waals surface area contributed by atoms with E-state index in [0.29, 0.717) is 20.6 Å². The number of benzene rings is 2. The molecule has 20 heavy (non-hydrogen) atoms. The molecule has 0 aliphatic carbocycles. The van der Waals surface area contributed by atoms with Crippen LogP contribution >= 0.6 is 43.5 Å². The predicted molar refractivity (Wildman–Crippen MR) is 88.6 cm³/mol. The molecule has 5 heteroatoms. The maximum absolute atomic E-state index is 12.6. The van der Waals surface area contributed by atoms with Crippen molar-refractivity contribution in [1.29, 1.82) is 0 Å². The SMILES string of the molecule is O=C(c1ccc(Cl)c(Br)c1)c1c[nH]c2cc(Br)ccc12. The second-order valence-electron chi connectivity index (χ2n) is 4.35. The van der Waals surface area contributed by atoms with Gasteiger partial charge in [0.05, 0.1) is 5.02 Å². The molecule has 0 saturated carbocycles. The summed E-state index contributed by atoms with van der Waals surface area (Å²) in [7, 11) is 0. The Hall–Kier alpha value is -1.10. The van der Waals surface area contributed by atoms with Crippen LogP contribution in [0.2, 0.25) is 5.02 Å². The first kappa shape index (κ1) is 13.9. The van der Waals surface area contributed by atoms with Gasteiger partial charge in [0.2, 0.25) is 0 Å². The Morgan fingerprint density at radius 3 is 2.65 bits per heavy atom. The standard InChI is InChI=1S/C15H8Br2ClNO/c16-9-2-3-10-11(7-19-14(10)6-9)15(20)8-1-4-13(18)12(17)5-8/h1-7,19H. The van der Waals surface area contributed by atoms with E-state index in [-0.39, 0.29) is 5.78 Å². The quantitative estimate of drug-likeness (QED) is 0.547. The Balaban J connectivity index is 2.10. The van der Waals surface area contributed by atoms with Gasteiger partial charge in [0.15, 0.2) is 5.78 Å². The zero-order chi connectivity index (χ0) is 14.3. The predicted octanol–water partition coefficient (Wildman–Crippen LogP) is 5.58. The van der Waals surface area contributed by atoms with Gasteiger partial charge in [-0.25, -0.2) is 0 Å². The molecule has 0 aliphatic heterocycles. The van der Waals surface area contributed by atoms with Crippen molar-refractivity contribution in [3.05, 3.63) is 67.7 Å². The van der Waals surface area contributed by atoms with E-state index in [2.05, 4.69) is 36.8 Å². The molecular formula is C15H8Br2ClNO. The molecule has 0 bridgehead atoms. The number of fused-ring (bicyclic) bond motifs is 1. The third-order valence-electron chi connectivity index (χ3n) is 3.07. The van der Waals surface area contributed by atoms with Crippen molar-refractivity contribution in [2.75, 3.05) is 0 Å². The third kappa shape index (κ3) is 2.43. The van der Waals surface area contributed by atoms with E-state index >= 15 is 0 Å². The molecule has 1 aromatic heterocycles. The van der Waals surface area contributed by atoms with Crippen LogP contribution in [0, 0.1) is 0 Å². The van der Waals surface area contributed by atoms with E-state index in [0.717, 1.165) is 15.4 Å². The minimum absolute atomic E-state index is 0.0315. The topological polar surface area (TPSA) is 32.9 Å². The van der Waals surface area contributed by atoms with Gasteiger partial charge in [-0.15, -0.1) is 0 Å². The van der Waals surface area contributed by atoms with Gasteiger partial charge in [0, 0.05) is 37.2 Å². The van der Waals surface area contributed by atoms with Crippen molar-refractivity contribution in [3.8, 4) is 0 Å². The molecule has 3 aromatic rings. The average molecular weight is 413 g/mol. The minimum Gasteiger partial charge on any atom is -0.360 e. The van der Waals surface area contributed by atoms with Gasteiger partial charge in [-0.05, 0) is 46.3 Å². The van der Waals surface area contributed by atoms with Crippen molar-refractivity contribution >= 4 is 60.1 Å². The Bertz CT molecular complexity index is 826. The molecule has 2 nitrogen and oxygen atoms in total. The van der Waals surface area contributed by atoms with E-state index in [1.807, 2.05) is 18.2 Å². The fraction of sp³-hybridized carbons (Fsp3) is 0. The van der Waals surface area contributed by atoms with Gasteiger partial charge < -0.3 is 4.98 Å². The van der Waals surface area contributed by atoms with Crippen LogP contribution in [0.25, 0.3) is 10.9 Å². The molecule has 100 valence electrons. The molecule has 0 spiro atoms. The summed E-state index contributed by atoms with van der Waals surface area (Å²) in [5, 5.41) is 1.49. The zero-order valence-electron chi connectivity index (χ0n) is 10.1. The molecule has 0 saturated heterocycles. The lowest BCUT2D eigenvalue weighted by Gasteiger charge is -2.02. The van der Waals surface area contributed by atoms with E-state index < -0.39 is 0 Å². The van der Waals surface area contributed by atoms with Crippen LogP contribution in [0.1, 0.15) is 15.9 Å². The maximum Gasteiger partial charge on any atom is 0.195 e. The number of carbonyl (C=O) groups excluding carboxylic acids is 1. The van der Waals surface area contributed by atoms with Crippen LogP contribution in [-0.2, 0) is 0 Å². The summed E-state index contributed by atoms with van der Waals surface area (Å²) in [6.45, 7) is 0. The van der Waals surface area contributed by atoms with Gasteiger partial charge >= 0.3 is 0 Å². The van der Waals surface area contributed by atoms with Crippen molar-refractivity contribution in [1.82, 2.24) is 4.98 Å². The number of aromatic amines is 1. The van der Waals surface area contributed by atoms with Gasteiger partial charge in [-0.1, -0.05) is 33.6 Å². The fourth-order valence-electron chi connectivity index (χ4n) is 2.08. The number of carbonyl (C=O) groups is 1. The number of H-pyrrole nitrogens is 1. The first-order valence-electron chi connectivity index (χ1n) is 5.82. The number of rotatable bonds is 2. The van der Waals surface area contributed by atoms with Gasteiger partial charge in [-0.3, -0.25) is 4.79 Å². The normalized spacial score (nSPS) is 10.9. The minimum atomic E-state index is -0.0315. The second kappa shape index (κ2) is 5.35. The van der Waals surface area contributed by atoms with Crippen molar-refractivity contribution in [2.45, 2.75) is 0 Å². The van der Waals surface area contributed by atoms with Crippen molar-refractivity contribution in [3.63, 3.8) is 0 Å². The molecule has 0 aliphatic rings. The summed E-state index contributed by atoms with van der Waals surface area (Å²) < 4.78 is 1.69. The fourth-order valence-corrected chi connectivity index (χ4v) is 2.94. The van der Waals surface area contributed by atoms with E-state index in [1.165, 1.54) is 0 Å². The van der Waals surface area contributed by atoms with Crippen LogP contribution < -0.4 is 0 Å². The number of aromatic nitrogens is 1. The van der Waals surface area contributed by atoms with Crippen molar-refractivity contribution in [2.24, 2.45) is 0 Å². The number of hydrogen-bond donors (Lipinski definition) is 1. The highest BCUT2D eigenvalue weighted by Crippen LogP contribution is 2.27. The summed E-state index contributed by atoms with van der Waals surface area (Å²) in [6.07, 6.45) is 1.74. The molecule has 0 radical (unpaired) electrons. The number of hydrogen-bond acceptors (Lipinski definition) is 1. The second-order valence-corrected chi connectivity index (χ2v) is 6.53. The molecule has 0 fully saturated rings. The van der Waals surface area contributed by atoms with Crippen LogP contribution in [0.3, 0.4) is 0 Å². The number of nitrogens with one attached hydrogen (secondary N) is 1. The zero-order valence-corrected chi connectivity index (χ0v) is 14.0. The molecule has 0 atom stereocenters. The molecule has 2 aromatic carbocycles. The molecule has 0 unspecified atom stereocenters. The monoisotopic (exact) mass is 411 g/mol. The highest BCUT2D eigenvalue weighted by atomic mass is 79.9. The number of ketones is 1. The van der Waals surface area contributed by atoms with Crippen molar-refractivity contribution < 1.29 is 4.79 Å². The van der Waals surface area contributed by atoms with Crippen LogP contribution in [-0.4, -0.2) is 10.8 Å². The van der Waals surface area contributed by atoms with Crippen LogP contribution in [0.5, 0.6) is 0 Å². The first-order valence-corrected chi connectivity index (χ1v) is 7.79. The van der Waals surface area contributed by atoms with E-state index in [1.54, 1.807) is 24.4 Å². The smallest absolute Gasteiger partial charge is 0.195 e. The highest BCUT2D eigenvalue weighted by molar-refractivity contribution is 9.10. The summed E-state index contributed by atoms with van der Waals surface area (Å²) in [6, 6.07) is 11.0. The Kier molecular flexibility index (Phi) is 3.71. The summed E-state index contributed by atoms with van der Waals surface area (Å²) >= 11 is 12.7. The lowest BCUT2D eigenvalue weighted by molar-refractivity contribution is 0.104. The lowest BCUT2D eigenvalue weighted by atomic mass is 10.0. The molecular weight excluding hydrogens is 405 g/mol. The summed E-state index contributed by atoms with van der Waals surface area (Å²) in [5.74, 6) is -0.0315. The Labute approximate surface area is 137 Å². The first-order chi connectivity index (χ1) is 9.56. The average Bonchev–Trinajstić information content (AvgIpc) is 2.84. The number of halogens is 3. The molecule has 1 N–H and O–H groups in total. The molecule has 0 amide bonds. The Morgan fingerprint density at radius 1 is 1.10 bits per heavy atom. The van der Waals surface area contributed by atoms with Gasteiger partial charge in [0.25, 0.3) is 0 Å². The third-order valence-corrected chi connectivity index (χ3v) is 4.78. The molecule has 1 heterocycles. The largest absolute Gasteiger partial charge is 0.360 e. The maximum atomic E-state index is 12.6. The highest BCUT2D eigenvalue weighted by Gasteiger charge is 2.15. The van der Waals surface area contributed by atoms with Gasteiger partial charge in [0.1, 0.15) is 0 Å². The summed E-state index contributed by atoms with van der Waals surface area (Å²) in [4.78, 5) is 15.7. The molecule has 3 rings (SSSR count). The van der Waals surface area contributed by atoms with E-state index in [9.17, 15) is 4.79 Å². The Morgan fingerprint density at radius 2 is 1.90 bits per heavy atom. The van der Waals surface area contributed by atoms with Crippen LogP contribution in [0.4, 0.5) is 0 Å². The van der Waals surface area contributed by atoms with E-state index in [4.69, 9.17) is 11.6 Å². The van der Waals surface area contributed by atoms with Crippen LogP contribution in [0.15, 0.2) is 51.5 Å². The van der Waals surface area contributed by atoms with Gasteiger partial charge in [-0.2, -0.15) is 0 Å². The summed E-state index contributed by atoms with van der Waals surface area (Å²) in [5.41, 5.74) is 2.18. The lowest BCUT2D eigenvalue weighted by Crippen LogP contribution is -2.00.